The van der Waals surface area contributed by atoms with E-state index in [1.807, 2.05) is 35.9 Å². The van der Waals surface area contributed by atoms with E-state index in [4.69, 9.17) is 0 Å². The average molecular weight is 303 g/mol. The molecule has 0 fully saturated rings. The summed E-state index contributed by atoms with van der Waals surface area (Å²) in [6.07, 6.45) is 4.00. The molecule has 0 saturated carbocycles. The maximum absolute atomic E-state index is 3.34. The fraction of sp³-hybridized carbons (Fsp3) is 0.400. The van der Waals surface area contributed by atoms with Gasteiger partial charge in [-0.1, -0.05) is 0 Å². The van der Waals surface area contributed by atoms with Gasteiger partial charge in [0.25, 0.3) is 0 Å². The molecule has 0 spiro atoms. The second-order valence-corrected chi connectivity index (χ2v) is 2.71. The monoisotopic (exact) mass is 302 g/mol. The van der Waals surface area contributed by atoms with Crippen LogP contribution in [0.25, 0.3) is 0 Å². The summed E-state index contributed by atoms with van der Waals surface area (Å²) in [4.78, 5) is 0. The van der Waals surface area contributed by atoms with E-state index in [2.05, 4.69) is 15.9 Å². The molecule has 1 rings (SSSR count). The Bertz CT molecular complexity index is 177. The molecule has 0 aliphatic carbocycles. The van der Waals surface area contributed by atoms with Crippen molar-refractivity contribution in [1.29, 1.82) is 0 Å². The van der Waals surface area contributed by atoms with Crippen LogP contribution in [0.5, 0.6) is 0 Å². The molecule has 2 nitrogen and oxygen atoms in total. The number of nitrogens with zero attached hydrogens (tertiary/aromatic N) is 2. The second kappa shape index (κ2) is 3.55. The first-order chi connectivity index (χ1) is 3.70. The van der Waals surface area contributed by atoms with Crippen LogP contribution in [0.4, 0.5) is 0 Å². The van der Waals surface area contributed by atoms with Gasteiger partial charge in [0.05, 0.1) is 13.2 Å². The number of aryl methyl sites for hydroxylation is 2. The highest BCUT2D eigenvalue weighted by Crippen LogP contribution is 2.02. The Morgan fingerprint density at radius 2 is 2.22 bits per heavy atom. The molecule has 0 saturated heterocycles. The third-order valence-corrected chi connectivity index (χ3v) is 1.53. The van der Waals surface area contributed by atoms with Crippen molar-refractivity contribution in [3.05, 3.63) is 16.9 Å². The molecule has 0 unspecified atom stereocenters. The first kappa shape index (κ1) is 9.42. The molecule has 0 N–H and O–H groups in total. The number of hydrogen-bond donors (Lipinski definition) is 0. The smallest absolute Gasteiger partial charge is 0.209 e. The fourth-order valence-electron chi connectivity index (χ4n) is 0.572. The lowest BCUT2D eigenvalue weighted by Crippen LogP contribution is -3.00. The van der Waals surface area contributed by atoms with Crippen molar-refractivity contribution in [2.75, 3.05) is 0 Å². The van der Waals surface area contributed by atoms with Gasteiger partial charge in [0, 0.05) is 0 Å². The van der Waals surface area contributed by atoms with E-state index in [0.29, 0.717) is 0 Å². The molecule has 4 heteroatoms. The van der Waals surface area contributed by atoms with Gasteiger partial charge in [-0.05, 0) is 15.9 Å². The third-order valence-electron chi connectivity index (χ3n) is 1.12. The summed E-state index contributed by atoms with van der Waals surface area (Å²) in [6.45, 7) is 0. The number of rotatable bonds is 0. The summed E-state index contributed by atoms with van der Waals surface area (Å²) in [5, 5.41) is 0. The zero-order chi connectivity index (χ0) is 6.15. The molecule has 0 atom stereocenters. The van der Waals surface area contributed by atoms with Crippen molar-refractivity contribution in [3.8, 4) is 0 Å². The van der Waals surface area contributed by atoms with E-state index >= 15 is 0 Å². The summed E-state index contributed by atoms with van der Waals surface area (Å²) in [7, 11) is 3.98. The van der Waals surface area contributed by atoms with Gasteiger partial charge in [0.15, 0.2) is 7.05 Å². The van der Waals surface area contributed by atoms with Crippen LogP contribution in [0.15, 0.2) is 16.9 Å². The highest BCUT2D eigenvalue weighted by molar-refractivity contribution is 9.10. The predicted molar refractivity (Wildman–Crippen MR) is 34.3 cm³/mol. The minimum atomic E-state index is 0. The summed E-state index contributed by atoms with van der Waals surface area (Å²) in [5.74, 6) is 0. The maximum Gasteiger partial charge on any atom is 0.209 e. The molecule has 1 heterocycles. The van der Waals surface area contributed by atoms with Gasteiger partial charge in [-0.25, -0.2) is 0 Å². The number of hydrogen-bond acceptors (Lipinski definition) is 0. The lowest BCUT2D eigenvalue weighted by molar-refractivity contribution is -0.751. The van der Waals surface area contributed by atoms with Crippen molar-refractivity contribution < 1.29 is 28.7 Å². The summed E-state index contributed by atoms with van der Waals surface area (Å²) >= 11 is 3.34. The van der Waals surface area contributed by atoms with Crippen LogP contribution in [0.3, 0.4) is 0 Å². The van der Waals surface area contributed by atoms with E-state index in [-0.39, 0.29) is 24.0 Å². The Kier molecular flexibility index (Phi) is 3.72. The van der Waals surface area contributed by atoms with Gasteiger partial charge in [0.2, 0.25) is 6.20 Å². The molecule has 1 aromatic heterocycles. The quantitative estimate of drug-likeness (QED) is 0.374. The van der Waals surface area contributed by atoms with Gasteiger partial charge in [0.1, 0.15) is 4.47 Å². The first-order valence-corrected chi connectivity index (χ1v) is 3.17. The SMILES string of the molecule is Cn1cc(Br)c[n+]1C.[I-]. The Balaban J connectivity index is 0.000000640. The molecule has 0 aliphatic rings. The molecule has 0 aliphatic heterocycles. The predicted octanol–water partition coefficient (Wildman–Crippen LogP) is -2.38. The zero-order valence-electron chi connectivity index (χ0n) is 5.31. The van der Waals surface area contributed by atoms with E-state index < -0.39 is 0 Å². The molecule has 52 valence electrons. The zero-order valence-corrected chi connectivity index (χ0v) is 9.05. The highest BCUT2D eigenvalue weighted by Gasteiger charge is 1.99. The minimum Gasteiger partial charge on any atom is -1.00 e. The van der Waals surface area contributed by atoms with Crippen molar-refractivity contribution in [1.82, 2.24) is 4.68 Å². The van der Waals surface area contributed by atoms with Crippen LogP contribution in [0.1, 0.15) is 0 Å². The number of aromatic nitrogens is 2. The maximum atomic E-state index is 3.34. The van der Waals surface area contributed by atoms with E-state index in [1.54, 1.807) is 0 Å². The highest BCUT2D eigenvalue weighted by atomic mass is 127. The van der Waals surface area contributed by atoms with Crippen LogP contribution in [-0.4, -0.2) is 4.68 Å². The molecular formula is C5H8BrIN2. The van der Waals surface area contributed by atoms with Gasteiger partial charge < -0.3 is 24.0 Å². The Hall–Kier alpha value is 0.420. The van der Waals surface area contributed by atoms with Gasteiger partial charge in [-0.3, -0.25) is 0 Å². The largest absolute Gasteiger partial charge is 1.00 e. The first-order valence-electron chi connectivity index (χ1n) is 2.38. The third kappa shape index (κ3) is 2.25. The Labute approximate surface area is 80.0 Å². The normalized spacial score (nSPS) is 8.78. The van der Waals surface area contributed by atoms with Crippen molar-refractivity contribution >= 4 is 15.9 Å². The molecule has 0 aromatic carbocycles. The standard InChI is InChI=1S/C5H8BrN2.HI/c1-7-3-5(6)4-8(7)2;/h3-4H,1-2H3;1H/q+1;/p-1. The van der Waals surface area contributed by atoms with E-state index in [9.17, 15) is 0 Å². The van der Waals surface area contributed by atoms with Gasteiger partial charge in [-0.15, -0.1) is 4.68 Å². The molecule has 0 amide bonds. The molecule has 9 heavy (non-hydrogen) atoms. The molecule has 0 radical (unpaired) electrons. The Morgan fingerprint density at radius 1 is 1.67 bits per heavy atom. The Morgan fingerprint density at radius 3 is 2.33 bits per heavy atom. The van der Waals surface area contributed by atoms with Gasteiger partial charge in [-0.2, -0.15) is 4.68 Å². The summed E-state index contributed by atoms with van der Waals surface area (Å²) < 4.78 is 5.09. The van der Waals surface area contributed by atoms with Gasteiger partial charge >= 0.3 is 0 Å². The molecular weight excluding hydrogens is 295 g/mol. The van der Waals surface area contributed by atoms with Crippen molar-refractivity contribution in [3.63, 3.8) is 0 Å². The average Bonchev–Trinajstić information content (AvgIpc) is 1.85. The van der Waals surface area contributed by atoms with E-state index in [0.717, 1.165) is 4.47 Å². The molecule has 0 bridgehead atoms. The van der Waals surface area contributed by atoms with Crippen LogP contribution in [0, 0.1) is 0 Å². The topological polar surface area (TPSA) is 8.81 Å². The fourth-order valence-corrected chi connectivity index (χ4v) is 1.17. The second-order valence-electron chi connectivity index (χ2n) is 1.79. The lowest BCUT2D eigenvalue weighted by atomic mass is 10.7. The summed E-state index contributed by atoms with van der Waals surface area (Å²) in [5.41, 5.74) is 0. The molecule has 1 aromatic rings. The van der Waals surface area contributed by atoms with Crippen LogP contribution in [0.2, 0.25) is 0 Å². The lowest BCUT2D eigenvalue weighted by Gasteiger charge is -1.82. The number of halogens is 2. The van der Waals surface area contributed by atoms with E-state index in [1.165, 1.54) is 0 Å². The summed E-state index contributed by atoms with van der Waals surface area (Å²) in [6, 6.07) is 0. The van der Waals surface area contributed by atoms with Crippen molar-refractivity contribution in [2.24, 2.45) is 14.1 Å². The van der Waals surface area contributed by atoms with Crippen LogP contribution < -0.4 is 28.7 Å². The van der Waals surface area contributed by atoms with Crippen molar-refractivity contribution in [2.45, 2.75) is 0 Å². The van der Waals surface area contributed by atoms with Crippen LogP contribution >= 0.6 is 15.9 Å². The minimum absolute atomic E-state index is 0. The van der Waals surface area contributed by atoms with Crippen LogP contribution in [-0.2, 0) is 14.1 Å².